The number of aromatic hydroxyl groups is 1. The van der Waals surface area contributed by atoms with Crippen LogP contribution in [-0.2, 0) is 13.0 Å². The number of carbonyl (C=O) groups is 1. The molecule has 0 atom stereocenters. The molecule has 28 heavy (non-hydrogen) atoms. The molecule has 5 rings (SSSR count). The monoisotopic (exact) mass is 377 g/mol. The Labute approximate surface area is 158 Å². The molecule has 3 heterocycles. The van der Waals surface area contributed by atoms with E-state index in [1.54, 1.807) is 27.5 Å². The van der Waals surface area contributed by atoms with E-state index in [1.807, 2.05) is 18.2 Å². The first kappa shape index (κ1) is 16.6. The number of para-hydroxylation sites is 2. The maximum absolute atomic E-state index is 13.1. The minimum atomic E-state index is -0.441. The first-order valence-electron chi connectivity index (χ1n) is 8.95. The summed E-state index contributed by atoms with van der Waals surface area (Å²) in [7, 11) is 0. The third-order valence-electron chi connectivity index (χ3n) is 5.26. The lowest BCUT2D eigenvalue weighted by Crippen LogP contribution is -2.37. The van der Waals surface area contributed by atoms with Crippen molar-refractivity contribution in [3.8, 4) is 5.75 Å². The largest absolute Gasteiger partial charge is 0.505 e. The number of aromatic nitrogens is 2. The van der Waals surface area contributed by atoms with Crippen molar-refractivity contribution in [2.45, 2.75) is 13.0 Å². The van der Waals surface area contributed by atoms with Crippen LogP contribution in [0.1, 0.15) is 21.6 Å². The maximum atomic E-state index is 13.1. The zero-order valence-electron chi connectivity index (χ0n) is 14.8. The lowest BCUT2D eigenvalue weighted by atomic mass is 10.1. The van der Waals surface area contributed by atoms with Crippen LogP contribution in [0, 0.1) is 5.82 Å². The molecule has 0 unspecified atom stereocenters. The molecule has 0 fully saturated rings. The molecule has 0 aliphatic carbocycles. The highest BCUT2D eigenvalue weighted by atomic mass is 19.1. The SMILES string of the molecule is O=C1c2c(O)c3c(=O)[nH]c4ccccc4n3c2CCN1Cc1ccc(F)cc1. The second-order valence-electron chi connectivity index (χ2n) is 6.93. The van der Waals surface area contributed by atoms with Crippen molar-refractivity contribution in [3.05, 3.63) is 81.5 Å². The van der Waals surface area contributed by atoms with Gasteiger partial charge in [-0.3, -0.25) is 9.59 Å². The molecular formula is C21H16FN3O3. The summed E-state index contributed by atoms with van der Waals surface area (Å²) in [5.41, 5.74) is 2.60. The predicted octanol–water partition coefficient (Wildman–Crippen LogP) is 2.82. The summed E-state index contributed by atoms with van der Waals surface area (Å²) in [6.07, 6.45) is 0.497. The van der Waals surface area contributed by atoms with Crippen molar-refractivity contribution < 1.29 is 14.3 Å². The van der Waals surface area contributed by atoms with Crippen LogP contribution in [0.4, 0.5) is 4.39 Å². The van der Waals surface area contributed by atoms with Crippen LogP contribution in [0.25, 0.3) is 16.6 Å². The van der Waals surface area contributed by atoms with Crippen molar-refractivity contribution >= 4 is 22.5 Å². The van der Waals surface area contributed by atoms with Crippen LogP contribution < -0.4 is 5.56 Å². The molecule has 6 nitrogen and oxygen atoms in total. The summed E-state index contributed by atoms with van der Waals surface area (Å²) in [5.74, 6) is -0.968. The van der Waals surface area contributed by atoms with Crippen LogP contribution in [-0.4, -0.2) is 31.8 Å². The van der Waals surface area contributed by atoms with Crippen LogP contribution >= 0.6 is 0 Å². The quantitative estimate of drug-likeness (QED) is 0.564. The number of halogens is 1. The number of nitrogens with zero attached hydrogens (tertiary/aromatic N) is 2. The third kappa shape index (κ3) is 2.32. The van der Waals surface area contributed by atoms with Gasteiger partial charge in [0.05, 0.1) is 11.0 Å². The van der Waals surface area contributed by atoms with Gasteiger partial charge in [0.1, 0.15) is 11.4 Å². The molecule has 0 bridgehead atoms. The van der Waals surface area contributed by atoms with Gasteiger partial charge in [-0.2, -0.15) is 0 Å². The number of rotatable bonds is 2. The number of H-pyrrole nitrogens is 1. The fourth-order valence-corrected chi connectivity index (χ4v) is 3.96. The van der Waals surface area contributed by atoms with Crippen LogP contribution in [0.2, 0.25) is 0 Å². The highest BCUT2D eigenvalue weighted by molar-refractivity contribution is 6.03. The maximum Gasteiger partial charge on any atom is 0.276 e. The van der Waals surface area contributed by atoms with E-state index in [-0.39, 0.29) is 28.6 Å². The second kappa shape index (κ2) is 5.95. The van der Waals surface area contributed by atoms with Gasteiger partial charge in [0.2, 0.25) is 0 Å². The zero-order chi connectivity index (χ0) is 19.4. The van der Waals surface area contributed by atoms with Crippen molar-refractivity contribution in [1.29, 1.82) is 0 Å². The van der Waals surface area contributed by atoms with Crippen LogP contribution in [0.3, 0.4) is 0 Å². The molecule has 0 saturated heterocycles. The Balaban J connectivity index is 1.66. The molecule has 4 aromatic rings. The number of aromatic amines is 1. The Morgan fingerprint density at radius 2 is 1.82 bits per heavy atom. The molecule has 2 aromatic heterocycles. The van der Waals surface area contributed by atoms with Gasteiger partial charge in [-0.1, -0.05) is 24.3 Å². The average Bonchev–Trinajstić information content (AvgIpc) is 3.00. The van der Waals surface area contributed by atoms with E-state index in [2.05, 4.69) is 4.98 Å². The van der Waals surface area contributed by atoms with Gasteiger partial charge in [0.25, 0.3) is 11.5 Å². The molecule has 1 aliphatic rings. The molecule has 7 heteroatoms. The standard InChI is InChI=1S/C21H16FN3O3/c22-13-7-5-12(6-8-13)11-24-10-9-16-17(21(24)28)19(26)18-20(27)23-14-3-1-2-4-15(14)25(16)18/h1-8,26H,9-11H2,(H,23,27). The Kier molecular flexibility index (Phi) is 3.52. The third-order valence-corrected chi connectivity index (χ3v) is 5.26. The van der Waals surface area contributed by atoms with Gasteiger partial charge >= 0.3 is 0 Å². The van der Waals surface area contributed by atoms with E-state index in [0.29, 0.717) is 30.7 Å². The number of carbonyl (C=O) groups excluding carboxylic acids is 1. The smallest absolute Gasteiger partial charge is 0.276 e. The number of nitrogens with one attached hydrogen (secondary N) is 1. The Hall–Kier alpha value is -3.61. The van der Waals surface area contributed by atoms with E-state index in [0.717, 1.165) is 11.1 Å². The van der Waals surface area contributed by atoms with E-state index >= 15 is 0 Å². The van der Waals surface area contributed by atoms with Crippen molar-refractivity contribution in [1.82, 2.24) is 14.3 Å². The molecule has 0 radical (unpaired) electrons. The zero-order valence-corrected chi connectivity index (χ0v) is 14.8. The summed E-state index contributed by atoms with van der Waals surface area (Å²) in [6.45, 7) is 0.747. The normalized spacial score (nSPS) is 14.0. The molecule has 2 aromatic carbocycles. The number of amides is 1. The minimum Gasteiger partial charge on any atom is -0.505 e. The number of benzene rings is 2. The van der Waals surface area contributed by atoms with Crippen LogP contribution in [0.5, 0.6) is 5.75 Å². The summed E-state index contributed by atoms with van der Waals surface area (Å²) >= 11 is 0. The summed E-state index contributed by atoms with van der Waals surface area (Å²) in [4.78, 5) is 30.0. The number of hydrogen-bond donors (Lipinski definition) is 2. The lowest BCUT2D eigenvalue weighted by molar-refractivity contribution is 0.0723. The van der Waals surface area contributed by atoms with Gasteiger partial charge in [-0.05, 0) is 29.8 Å². The Morgan fingerprint density at radius 1 is 1.07 bits per heavy atom. The number of fused-ring (bicyclic) bond motifs is 5. The van der Waals surface area contributed by atoms with Gasteiger partial charge in [0.15, 0.2) is 11.3 Å². The fraction of sp³-hybridized carbons (Fsp3) is 0.143. The Morgan fingerprint density at radius 3 is 2.61 bits per heavy atom. The van der Waals surface area contributed by atoms with Crippen molar-refractivity contribution in [3.63, 3.8) is 0 Å². The molecule has 1 aliphatic heterocycles. The molecule has 1 amide bonds. The second-order valence-corrected chi connectivity index (χ2v) is 6.93. The van der Waals surface area contributed by atoms with Crippen molar-refractivity contribution in [2.75, 3.05) is 6.54 Å². The number of hydrogen-bond acceptors (Lipinski definition) is 3. The fourth-order valence-electron chi connectivity index (χ4n) is 3.96. The van der Waals surface area contributed by atoms with E-state index in [1.165, 1.54) is 12.1 Å². The first-order chi connectivity index (χ1) is 13.5. The molecule has 0 spiro atoms. The Bertz CT molecular complexity index is 1300. The van der Waals surface area contributed by atoms with E-state index in [4.69, 9.17) is 0 Å². The summed E-state index contributed by atoms with van der Waals surface area (Å²) in [6, 6.07) is 13.2. The molecule has 140 valence electrons. The summed E-state index contributed by atoms with van der Waals surface area (Å²) in [5, 5.41) is 10.7. The predicted molar refractivity (Wildman–Crippen MR) is 102 cm³/mol. The van der Waals surface area contributed by atoms with Crippen molar-refractivity contribution in [2.24, 2.45) is 0 Å². The molecular weight excluding hydrogens is 361 g/mol. The lowest BCUT2D eigenvalue weighted by Gasteiger charge is -2.27. The van der Waals surface area contributed by atoms with E-state index < -0.39 is 5.56 Å². The molecule has 0 saturated carbocycles. The van der Waals surface area contributed by atoms with Gasteiger partial charge in [0, 0.05) is 25.2 Å². The topological polar surface area (TPSA) is 77.8 Å². The minimum absolute atomic E-state index is 0.0840. The van der Waals surface area contributed by atoms with Crippen LogP contribution in [0.15, 0.2) is 53.3 Å². The molecule has 2 N–H and O–H groups in total. The van der Waals surface area contributed by atoms with Gasteiger partial charge < -0.3 is 19.4 Å². The van der Waals surface area contributed by atoms with Gasteiger partial charge in [-0.15, -0.1) is 0 Å². The average molecular weight is 377 g/mol. The van der Waals surface area contributed by atoms with Gasteiger partial charge in [-0.25, -0.2) is 4.39 Å². The first-order valence-corrected chi connectivity index (χ1v) is 8.95. The highest BCUT2D eigenvalue weighted by Gasteiger charge is 2.33. The summed E-state index contributed by atoms with van der Waals surface area (Å²) < 4.78 is 14.8. The van der Waals surface area contributed by atoms with E-state index in [9.17, 15) is 19.1 Å². The highest BCUT2D eigenvalue weighted by Crippen LogP contribution is 2.34.